The summed E-state index contributed by atoms with van der Waals surface area (Å²) in [6.45, 7) is 3.73. The summed E-state index contributed by atoms with van der Waals surface area (Å²) in [4.78, 5) is 14.6. The van der Waals surface area contributed by atoms with E-state index >= 15 is 0 Å². The predicted octanol–water partition coefficient (Wildman–Crippen LogP) is 3.07. The van der Waals surface area contributed by atoms with Gasteiger partial charge in [0, 0.05) is 29.7 Å². The van der Waals surface area contributed by atoms with Crippen molar-refractivity contribution in [2.24, 2.45) is 11.8 Å². The Hall–Kier alpha value is -1.85. The molecule has 1 aromatic heterocycles. The first kappa shape index (κ1) is 15.7. The maximum Gasteiger partial charge on any atom is 0.292 e. The summed E-state index contributed by atoms with van der Waals surface area (Å²) in [6.07, 6.45) is 2.11. The van der Waals surface area contributed by atoms with Crippen molar-refractivity contribution in [3.8, 4) is 11.3 Å². The lowest BCUT2D eigenvalue weighted by atomic mass is 9.92. The number of hydrogen-bond acceptors (Lipinski definition) is 4. The number of aromatic nitrogens is 1. The highest BCUT2D eigenvalue weighted by atomic mass is 35.5. The third-order valence-electron chi connectivity index (χ3n) is 5.15. The van der Waals surface area contributed by atoms with Crippen LogP contribution in [-0.4, -0.2) is 42.1 Å². The average molecular weight is 346 g/mol. The Morgan fingerprint density at radius 3 is 2.67 bits per heavy atom. The molecule has 0 radical (unpaired) electrons. The summed E-state index contributed by atoms with van der Waals surface area (Å²) in [5.41, 5.74) is 1.48. The van der Waals surface area contributed by atoms with Crippen LogP contribution in [0.4, 0.5) is 0 Å². The van der Waals surface area contributed by atoms with Gasteiger partial charge in [-0.25, -0.2) is 0 Å². The second kappa shape index (κ2) is 6.57. The Bertz CT molecular complexity index is 731. The number of carbonyl (C=O) groups excluding carboxylic acids is 1. The van der Waals surface area contributed by atoms with Gasteiger partial charge in [-0.05, 0) is 49.9 Å². The highest BCUT2D eigenvalue weighted by molar-refractivity contribution is 6.30. The normalized spacial score (nSPS) is 23.8. The lowest BCUT2D eigenvalue weighted by Gasteiger charge is -2.19. The second-order valence-corrected chi connectivity index (χ2v) is 7.07. The number of benzene rings is 1. The van der Waals surface area contributed by atoms with Gasteiger partial charge in [0.25, 0.3) is 5.91 Å². The maximum atomic E-state index is 12.7. The van der Waals surface area contributed by atoms with E-state index in [9.17, 15) is 4.79 Å². The average Bonchev–Trinajstić information content (AvgIpc) is 3.20. The molecular weight excluding hydrogens is 326 g/mol. The molecular formula is C18H20ClN3O2. The molecule has 126 valence electrons. The lowest BCUT2D eigenvalue weighted by Crippen LogP contribution is -2.32. The van der Waals surface area contributed by atoms with Crippen molar-refractivity contribution in [1.29, 1.82) is 0 Å². The van der Waals surface area contributed by atoms with Crippen LogP contribution in [0.1, 0.15) is 23.4 Å². The van der Waals surface area contributed by atoms with Crippen LogP contribution in [0.3, 0.4) is 0 Å². The van der Waals surface area contributed by atoms with Gasteiger partial charge in [-0.2, -0.15) is 0 Å². The van der Waals surface area contributed by atoms with Gasteiger partial charge >= 0.3 is 0 Å². The molecule has 0 bridgehead atoms. The molecule has 2 aromatic rings. The fourth-order valence-corrected chi connectivity index (χ4v) is 3.93. The van der Waals surface area contributed by atoms with Gasteiger partial charge in [0.15, 0.2) is 0 Å². The molecule has 2 aliphatic rings. The SMILES string of the molecule is O=C(c1cc(-c2cccc(Cl)c2)no1)N1CC[C@@H]2CNC[C@@H]2CC1. The molecule has 1 aromatic carbocycles. The predicted molar refractivity (Wildman–Crippen MR) is 91.9 cm³/mol. The number of carbonyl (C=O) groups is 1. The molecule has 5 nitrogen and oxygen atoms in total. The number of hydrogen-bond donors (Lipinski definition) is 1. The first-order valence-corrected chi connectivity index (χ1v) is 8.81. The molecule has 4 rings (SSSR count). The highest BCUT2D eigenvalue weighted by Gasteiger charge is 2.32. The van der Waals surface area contributed by atoms with Crippen molar-refractivity contribution in [2.75, 3.05) is 26.2 Å². The van der Waals surface area contributed by atoms with Crippen molar-refractivity contribution in [3.05, 3.63) is 41.1 Å². The van der Waals surface area contributed by atoms with Crippen molar-refractivity contribution in [2.45, 2.75) is 12.8 Å². The van der Waals surface area contributed by atoms with Crippen LogP contribution in [0.15, 0.2) is 34.9 Å². The molecule has 0 unspecified atom stereocenters. The Kier molecular flexibility index (Phi) is 4.29. The van der Waals surface area contributed by atoms with E-state index in [-0.39, 0.29) is 5.91 Å². The molecule has 2 fully saturated rings. The number of nitrogens with zero attached hydrogens (tertiary/aromatic N) is 2. The van der Waals surface area contributed by atoms with Gasteiger partial charge in [-0.3, -0.25) is 4.79 Å². The Morgan fingerprint density at radius 1 is 1.21 bits per heavy atom. The Balaban J connectivity index is 1.49. The lowest BCUT2D eigenvalue weighted by molar-refractivity contribution is 0.0716. The van der Waals surface area contributed by atoms with E-state index < -0.39 is 0 Å². The first-order valence-electron chi connectivity index (χ1n) is 8.43. The van der Waals surface area contributed by atoms with E-state index in [1.54, 1.807) is 12.1 Å². The zero-order valence-electron chi connectivity index (χ0n) is 13.4. The molecule has 2 saturated heterocycles. The largest absolute Gasteiger partial charge is 0.350 e. The van der Waals surface area contributed by atoms with E-state index in [1.165, 1.54) is 0 Å². The Morgan fingerprint density at radius 2 is 1.96 bits per heavy atom. The molecule has 2 atom stereocenters. The molecule has 6 heteroatoms. The van der Waals surface area contributed by atoms with Gasteiger partial charge in [0.1, 0.15) is 5.69 Å². The Labute approximate surface area is 146 Å². The number of rotatable bonds is 2. The van der Waals surface area contributed by atoms with E-state index in [1.807, 2.05) is 23.1 Å². The van der Waals surface area contributed by atoms with Crippen LogP contribution >= 0.6 is 11.6 Å². The van der Waals surface area contributed by atoms with Crippen LogP contribution in [-0.2, 0) is 0 Å². The third-order valence-corrected chi connectivity index (χ3v) is 5.38. The van der Waals surface area contributed by atoms with Gasteiger partial charge in [-0.15, -0.1) is 0 Å². The number of nitrogens with one attached hydrogen (secondary N) is 1. The quantitative estimate of drug-likeness (QED) is 0.908. The number of halogens is 1. The zero-order chi connectivity index (χ0) is 16.5. The monoisotopic (exact) mass is 345 g/mol. The molecule has 0 spiro atoms. The molecule has 0 aliphatic carbocycles. The van der Waals surface area contributed by atoms with Crippen molar-refractivity contribution < 1.29 is 9.32 Å². The maximum absolute atomic E-state index is 12.7. The summed E-state index contributed by atoms with van der Waals surface area (Å²) in [7, 11) is 0. The van der Waals surface area contributed by atoms with Crippen molar-refractivity contribution >= 4 is 17.5 Å². The first-order chi connectivity index (χ1) is 11.7. The van der Waals surface area contributed by atoms with Gasteiger partial charge in [0.2, 0.25) is 5.76 Å². The van der Waals surface area contributed by atoms with Crippen molar-refractivity contribution in [3.63, 3.8) is 0 Å². The van der Waals surface area contributed by atoms with Crippen LogP contribution in [0.25, 0.3) is 11.3 Å². The summed E-state index contributed by atoms with van der Waals surface area (Å²) < 4.78 is 5.31. The highest BCUT2D eigenvalue weighted by Crippen LogP contribution is 2.28. The van der Waals surface area contributed by atoms with Gasteiger partial charge in [-0.1, -0.05) is 28.9 Å². The molecule has 0 saturated carbocycles. The molecule has 2 aliphatic heterocycles. The van der Waals surface area contributed by atoms with Crippen LogP contribution in [0.2, 0.25) is 5.02 Å². The number of amides is 1. The summed E-state index contributed by atoms with van der Waals surface area (Å²) in [5, 5.41) is 8.12. The van der Waals surface area contributed by atoms with Crippen LogP contribution < -0.4 is 5.32 Å². The van der Waals surface area contributed by atoms with E-state index in [2.05, 4.69) is 10.5 Å². The van der Waals surface area contributed by atoms with Crippen LogP contribution in [0.5, 0.6) is 0 Å². The second-order valence-electron chi connectivity index (χ2n) is 6.63. The van der Waals surface area contributed by atoms with Crippen LogP contribution in [0, 0.1) is 11.8 Å². The number of fused-ring (bicyclic) bond motifs is 1. The minimum atomic E-state index is -0.0660. The molecule has 1 N–H and O–H groups in total. The summed E-state index contributed by atoms with van der Waals surface area (Å²) in [5.74, 6) is 1.62. The van der Waals surface area contributed by atoms with E-state index in [0.717, 1.165) is 44.6 Å². The minimum Gasteiger partial charge on any atom is -0.350 e. The van der Waals surface area contributed by atoms with Gasteiger partial charge in [0.05, 0.1) is 0 Å². The summed E-state index contributed by atoms with van der Waals surface area (Å²) in [6, 6.07) is 9.09. The molecule has 24 heavy (non-hydrogen) atoms. The van der Waals surface area contributed by atoms with E-state index in [0.29, 0.717) is 28.3 Å². The topological polar surface area (TPSA) is 58.4 Å². The molecule has 1 amide bonds. The standard InChI is InChI=1S/C18H20ClN3O2/c19-15-3-1-2-12(8-15)16-9-17(24-21-16)18(23)22-6-4-13-10-20-11-14(13)5-7-22/h1-3,8-9,13-14,20H,4-7,10-11H2/t13-,14+. The summed E-state index contributed by atoms with van der Waals surface area (Å²) >= 11 is 6.01. The fourth-order valence-electron chi connectivity index (χ4n) is 3.74. The smallest absolute Gasteiger partial charge is 0.292 e. The zero-order valence-corrected chi connectivity index (χ0v) is 14.1. The van der Waals surface area contributed by atoms with Gasteiger partial charge < -0.3 is 14.7 Å². The molecule has 3 heterocycles. The van der Waals surface area contributed by atoms with E-state index in [4.69, 9.17) is 16.1 Å². The third kappa shape index (κ3) is 3.06. The minimum absolute atomic E-state index is 0.0660. The number of likely N-dealkylation sites (tertiary alicyclic amines) is 1. The van der Waals surface area contributed by atoms with Crippen molar-refractivity contribution in [1.82, 2.24) is 15.4 Å². The fraction of sp³-hybridized carbons (Fsp3) is 0.444.